The summed E-state index contributed by atoms with van der Waals surface area (Å²) in [5, 5.41) is 3.89. The van der Waals surface area contributed by atoms with Gasteiger partial charge in [0, 0.05) is 17.6 Å². The average Bonchev–Trinajstić information content (AvgIpc) is 2.52. The van der Waals surface area contributed by atoms with E-state index < -0.39 is 0 Å². The van der Waals surface area contributed by atoms with E-state index in [0.29, 0.717) is 22.4 Å². The first-order valence-corrected chi connectivity index (χ1v) is 7.90. The van der Waals surface area contributed by atoms with Crippen LogP contribution in [0.1, 0.15) is 36.5 Å². The Bertz CT molecular complexity index is 487. The Morgan fingerprint density at radius 1 is 1.43 bits per heavy atom. The molecule has 1 aromatic carbocycles. The van der Waals surface area contributed by atoms with Gasteiger partial charge in [0.2, 0.25) is 0 Å². The predicted octanol–water partition coefficient (Wildman–Crippen LogP) is 2.95. The summed E-state index contributed by atoms with van der Waals surface area (Å²) in [5.74, 6) is 0.600. The smallest absolute Gasteiger partial charge is 0.257 e. The quantitative estimate of drug-likeness (QED) is 0.909. The molecule has 0 saturated carbocycles. The number of rotatable bonds is 5. The first-order chi connectivity index (χ1) is 10.2. The highest BCUT2D eigenvalue weighted by Crippen LogP contribution is 2.26. The SMILES string of the molecule is CCCN(C(=O)c1cc(Cl)ccc1OC)C1CCNCC1. The number of piperidine rings is 1. The van der Waals surface area contributed by atoms with E-state index in [4.69, 9.17) is 16.3 Å². The van der Waals surface area contributed by atoms with Crippen molar-refractivity contribution in [3.63, 3.8) is 0 Å². The summed E-state index contributed by atoms with van der Waals surface area (Å²) in [5.41, 5.74) is 0.553. The largest absolute Gasteiger partial charge is 0.496 e. The maximum atomic E-state index is 12.9. The van der Waals surface area contributed by atoms with Crippen LogP contribution in [0.4, 0.5) is 0 Å². The molecule has 0 aromatic heterocycles. The number of carbonyl (C=O) groups excluding carboxylic acids is 1. The zero-order chi connectivity index (χ0) is 15.2. The molecule has 1 saturated heterocycles. The summed E-state index contributed by atoms with van der Waals surface area (Å²) in [6, 6.07) is 5.49. The summed E-state index contributed by atoms with van der Waals surface area (Å²) < 4.78 is 5.32. The average molecular weight is 311 g/mol. The first kappa shape index (κ1) is 16.1. The topological polar surface area (TPSA) is 41.6 Å². The fourth-order valence-corrected chi connectivity index (χ4v) is 2.98. The fourth-order valence-electron chi connectivity index (χ4n) is 2.81. The van der Waals surface area contributed by atoms with Crippen LogP contribution < -0.4 is 10.1 Å². The predicted molar refractivity (Wildman–Crippen MR) is 85.2 cm³/mol. The number of nitrogens with zero attached hydrogens (tertiary/aromatic N) is 1. The van der Waals surface area contributed by atoms with Gasteiger partial charge in [0.05, 0.1) is 12.7 Å². The monoisotopic (exact) mass is 310 g/mol. The van der Waals surface area contributed by atoms with E-state index in [1.807, 2.05) is 4.90 Å². The number of methoxy groups -OCH3 is 1. The van der Waals surface area contributed by atoms with E-state index in [0.717, 1.165) is 38.9 Å². The normalized spacial score (nSPS) is 15.8. The van der Waals surface area contributed by atoms with Crippen molar-refractivity contribution >= 4 is 17.5 Å². The first-order valence-electron chi connectivity index (χ1n) is 7.52. The second-order valence-electron chi connectivity index (χ2n) is 5.32. The molecule has 116 valence electrons. The maximum Gasteiger partial charge on any atom is 0.257 e. The van der Waals surface area contributed by atoms with E-state index in [1.54, 1.807) is 25.3 Å². The lowest BCUT2D eigenvalue weighted by Crippen LogP contribution is -2.46. The molecular weight excluding hydrogens is 288 g/mol. The molecule has 1 heterocycles. The van der Waals surface area contributed by atoms with Gasteiger partial charge in [-0.1, -0.05) is 18.5 Å². The van der Waals surface area contributed by atoms with Crippen molar-refractivity contribution in [2.24, 2.45) is 0 Å². The number of carbonyl (C=O) groups is 1. The summed E-state index contributed by atoms with van der Waals surface area (Å²) in [4.78, 5) is 14.9. The minimum atomic E-state index is 0.0168. The van der Waals surface area contributed by atoms with Crippen LogP contribution in [0.2, 0.25) is 5.02 Å². The molecule has 1 amide bonds. The number of halogens is 1. The third kappa shape index (κ3) is 3.89. The Kier molecular flexibility index (Phi) is 5.88. The molecule has 1 N–H and O–H groups in total. The lowest BCUT2D eigenvalue weighted by Gasteiger charge is -2.35. The number of amides is 1. The fraction of sp³-hybridized carbons (Fsp3) is 0.562. The highest BCUT2D eigenvalue weighted by Gasteiger charge is 2.27. The number of benzene rings is 1. The van der Waals surface area contributed by atoms with Crippen LogP contribution in [0.25, 0.3) is 0 Å². The molecule has 21 heavy (non-hydrogen) atoms. The van der Waals surface area contributed by atoms with Crippen LogP contribution in [0, 0.1) is 0 Å². The van der Waals surface area contributed by atoms with Crippen LogP contribution in [-0.4, -0.2) is 43.6 Å². The van der Waals surface area contributed by atoms with E-state index in [1.165, 1.54) is 0 Å². The molecule has 0 radical (unpaired) electrons. The molecule has 0 aliphatic carbocycles. The Morgan fingerprint density at radius 3 is 2.76 bits per heavy atom. The minimum Gasteiger partial charge on any atom is -0.496 e. The molecule has 5 heteroatoms. The van der Waals surface area contributed by atoms with Gasteiger partial charge in [-0.25, -0.2) is 0 Å². The molecule has 0 atom stereocenters. The second-order valence-corrected chi connectivity index (χ2v) is 5.76. The van der Waals surface area contributed by atoms with Crippen LogP contribution in [0.3, 0.4) is 0 Å². The van der Waals surface area contributed by atoms with Gasteiger partial charge in [-0.3, -0.25) is 4.79 Å². The lowest BCUT2D eigenvalue weighted by molar-refractivity contribution is 0.0639. The molecular formula is C16H23ClN2O2. The van der Waals surface area contributed by atoms with Gasteiger partial charge in [-0.15, -0.1) is 0 Å². The van der Waals surface area contributed by atoms with E-state index >= 15 is 0 Å². The van der Waals surface area contributed by atoms with Gasteiger partial charge in [-0.05, 0) is 50.6 Å². The van der Waals surface area contributed by atoms with E-state index in [2.05, 4.69) is 12.2 Å². The Balaban J connectivity index is 2.27. The van der Waals surface area contributed by atoms with Gasteiger partial charge in [0.1, 0.15) is 5.75 Å². The Labute approximate surface area is 131 Å². The third-order valence-electron chi connectivity index (χ3n) is 3.87. The van der Waals surface area contributed by atoms with Gasteiger partial charge in [0.25, 0.3) is 5.91 Å². The van der Waals surface area contributed by atoms with Crippen LogP contribution >= 0.6 is 11.6 Å². The van der Waals surface area contributed by atoms with Crippen molar-refractivity contribution in [2.75, 3.05) is 26.7 Å². The van der Waals surface area contributed by atoms with Crippen molar-refractivity contribution in [1.29, 1.82) is 0 Å². The highest BCUT2D eigenvalue weighted by atomic mass is 35.5. The van der Waals surface area contributed by atoms with Crippen LogP contribution in [0.5, 0.6) is 5.75 Å². The standard InChI is InChI=1S/C16H23ClN2O2/c1-3-10-19(13-6-8-18-9-7-13)16(20)14-11-12(17)4-5-15(14)21-2/h4-5,11,13,18H,3,6-10H2,1-2H3. The van der Waals surface area contributed by atoms with Crippen molar-refractivity contribution in [2.45, 2.75) is 32.2 Å². The summed E-state index contributed by atoms with van der Waals surface area (Å²) >= 11 is 6.05. The molecule has 1 aromatic rings. The van der Waals surface area contributed by atoms with Crippen molar-refractivity contribution in [1.82, 2.24) is 10.2 Å². The Morgan fingerprint density at radius 2 is 2.14 bits per heavy atom. The highest BCUT2D eigenvalue weighted by molar-refractivity contribution is 6.31. The zero-order valence-corrected chi connectivity index (χ0v) is 13.4. The number of hydrogen-bond acceptors (Lipinski definition) is 3. The van der Waals surface area contributed by atoms with Crippen LogP contribution in [0.15, 0.2) is 18.2 Å². The van der Waals surface area contributed by atoms with E-state index in [-0.39, 0.29) is 5.91 Å². The van der Waals surface area contributed by atoms with Crippen molar-refractivity contribution in [3.05, 3.63) is 28.8 Å². The molecule has 0 unspecified atom stereocenters. The van der Waals surface area contributed by atoms with Crippen LogP contribution in [-0.2, 0) is 0 Å². The molecule has 1 fully saturated rings. The van der Waals surface area contributed by atoms with Gasteiger partial charge in [-0.2, -0.15) is 0 Å². The van der Waals surface area contributed by atoms with Gasteiger partial charge >= 0.3 is 0 Å². The Hall–Kier alpha value is -1.26. The summed E-state index contributed by atoms with van der Waals surface area (Å²) in [6.45, 7) is 4.78. The zero-order valence-electron chi connectivity index (χ0n) is 12.7. The second kappa shape index (κ2) is 7.66. The molecule has 4 nitrogen and oxygen atoms in total. The van der Waals surface area contributed by atoms with Crippen molar-refractivity contribution in [3.8, 4) is 5.75 Å². The van der Waals surface area contributed by atoms with Gasteiger partial charge in [0.15, 0.2) is 0 Å². The molecule has 2 rings (SSSR count). The summed E-state index contributed by atoms with van der Waals surface area (Å²) in [7, 11) is 1.58. The molecule has 0 spiro atoms. The lowest BCUT2D eigenvalue weighted by atomic mass is 10.0. The van der Waals surface area contributed by atoms with Crippen molar-refractivity contribution < 1.29 is 9.53 Å². The minimum absolute atomic E-state index is 0.0168. The number of hydrogen-bond donors (Lipinski definition) is 1. The third-order valence-corrected chi connectivity index (χ3v) is 4.10. The molecule has 1 aliphatic heterocycles. The number of ether oxygens (including phenoxy) is 1. The molecule has 1 aliphatic rings. The maximum absolute atomic E-state index is 12.9. The number of nitrogens with one attached hydrogen (secondary N) is 1. The molecule has 0 bridgehead atoms. The van der Waals surface area contributed by atoms with E-state index in [9.17, 15) is 4.79 Å². The summed E-state index contributed by atoms with van der Waals surface area (Å²) in [6.07, 6.45) is 2.93. The van der Waals surface area contributed by atoms with Gasteiger partial charge < -0.3 is 15.0 Å².